The molecule has 2 aromatic rings. The molecule has 0 heterocycles. The minimum absolute atomic E-state index is 0.478. The van der Waals surface area contributed by atoms with Crippen LogP contribution in [0, 0.1) is 0 Å². The average molecular weight is 401 g/mol. The minimum Gasteiger partial charge on any atom is -0.496 e. The lowest BCUT2D eigenvalue weighted by Crippen LogP contribution is -2.00. The average Bonchev–Trinajstić information content (AvgIpc) is 2.46. The molecule has 0 radical (unpaired) electrons. The fourth-order valence-electron chi connectivity index (χ4n) is 1.76. The third-order valence-corrected chi connectivity index (χ3v) is 4.25. The number of methoxy groups -OCH3 is 1. The molecular formula is C15H15Br2NO2. The summed E-state index contributed by atoms with van der Waals surface area (Å²) in [6.45, 7) is 0.972. The lowest BCUT2D eigenvalue weighted by Gasteiger charge is -2.10. The van der Waals surface area contributed by atoms with Gasteiger partial charge >= 0.3 is 0 Å². The Morgan fingerprint density at radius 1 is 1.05 bits per heavy atom. The number of halogens is 2. The maximum absolute atomic E-state index is 5.78. The molecule has 0 aliphatic carbocycles. The van der Waals surface area contributed by atoms with Gasteiger partial charge in [-0.25, -0.2) is 0 Å². The van der Waals surface area contributed by atoms with Crippen LogP contribution in [0.15, 0.2) is 45.3 Å². The smallest absolute Gasteiger partial charge is 0.133 e. The summed E-state index contributed by atoms with van der Waals surface area (Å²) in [6, 6.07) is 11.7. The van der Waals surface area contributed by atoms with E-state index in [0.717, 1.165) is 31.6 Å². The van der Waals surface area contributed by atoms with Crippen LogP contribution in [0.5, 0.6) is 11.5 Å². The van der Waals surface area contributed by atoms with Gasteiger partial charge in [0.25, 0.3) is 0 Å². The second kappa shape index (κ2) is 7.11. The highest BCUT2D eigenvalue weighted by Crippen LogP contribution is 2.27. The predicted octanol–water partition coefficient (Wildman–Crippen LogP) is 4.26. The summed E-state index contributed by atoms with van der Waals surface area (Å²) in [5.74, 6) is 1.61. The summed E-state index contributed by atoms with van der Waals surface area (Å²) in [5, 5.41) is 0. The summed E-state index contributed by atoms with van der Waals surface area (Å²) < 4.78 is 12.9. The molecule has 2 aromatic carbocycles. The van der Waals surface area contributed by atoms with Crippen molar-refractivity contribution in [1.82, 2.24) is 0 Å². The fraction of sp³-hybridized carbons (Fsp3) is 0.200. The fourth-order valence-corrected chi connectivity index (χ4v) is 2.76. The van der Waals surface area contributed by atoms with Crippen molar-refractivity contribution in [3.05, 3.63) is 56.5 Å². The first-order valence-corrected chi connectivity index (χ1v) is 7.66. The normalized spacial score (nSPS) is 10.4. The Balaban J connectivity index is 2.07. The molecule has 0 bridgehead atoms. The summed E-state index contributed by atoms with van der Waals surface area (Å²) >= 11 is 6.92. The zero-order valence-electron chi connectivity index (χ0n) is 11.0. The van der Waals surface area contributed by atoms with Crippen LogP contribution in [0.25, 0.3) is 0 Å². The van der Waals surface area contributed by atoms with Crippen molar-refractivity contribution < 1.29 is 9.47 Å². The zero-order chi connectivity index (χ0) is 14.5. The van der Waals surface area contributed by atoms with Crippen molar-refractivity contribution >= 4 is 31.9 Å². The van der Waals surface area contributed by atoms with E-state index in [2.05, 4.69) is 31.9 Å². The van der Waals surface area contributed by atoms with E-state index in [1.165, 1.54) is 0 Å². The Labute approximate surface area is 135 Å². The van der Waals surface area contributed by atoms with Gasteiger partial charge in [0, 0.05) is 11.0 Å². The van der Waals surface area contributed by atoms with Gasteiger partial charge in [-0.15, -0.1) is 0 Å². The molecule has 0 saturated carbocycles. The molecule has 5 heteroatoms. The number of hydrogen-bond acceptors (Lipinski definition) is 3. The van der Waals surface area contributed by atoms with Crippen molar-refractivity contribution in [2.45, 2.75) is 13.2 Å². The Morgan fingerprint density at radius 2 is 1.85 bits per heavy atom. The van der Waals surface area contributed by atoms with E-state index in [1.807, 2.05) is 36.4 Å². The van der Waals surface area contributed by atoms with Crippen LogP contribution >= 0.6 is 31.9 Å². The van der Waals surface area contributed by atoms with E-state index in [-0.39, 0.29) is 0 Å². The standard InChI is InChI=1S/C15H15Br2NO2/c1-19-15-5-2-10(6-14(15)17)9-20-12-3-4-13(16)11(7-12)8-18/h2-7H,8-9,18H2,1H3. The van der Waals surface area contributed by atoms with Gasteiger partial charge < -0.3 is 15.2 Å². The van der Waals surface area contributed by atoms with Crippen LogP contribution in [0.2, 0.25) is 0 Å². The van der Waals surface area contributed by atoms with E-state index < -0.39 is 0 Å². The SMILES string of the molecule is COc1ccc(COc2ccc(Br)c(CN)c2)cc1Br. The molecule has 106 valence electrons. The third kappa shape index (κ3) is 3.75. The minimum atomic E-state index is 0.478. The van der Waals surface area contributed by atoms with Gasteiger partial charge in [-0.05, 0) is 57.4 Å². The topological polar surface area (TPSA) is 44.5 Å². The second-order valence-electron chi connectivity index (χ2n) is 4.21. The van der Waals surface area contributed by atoms with E-state index in [9.17, 15) is 0 Å². The number of benzene rings is 2. The van der Waals surface area contributed by atoms with Gasteiger partial charge in [-0.2, -0.15) is 0 Å². The first-order valence-electron chi connectivity index (χ1n) is 6.07. The molecule has 0 unspecified atom stereocenters. The Hall–Kier alpha value is -1.04. The molecule has 0 amide bonds. The quantitative estimate of drug-likeness (QED) is 0.815. The molecule has 0 spiro atoms. The van der Waals surface area contributed by atoms with E-state index in [0.29, 0.717) is 13.2 Å². The van der Waals surface area contributed by atoms with Crippen LogP contribution in [0.3, 0.4) is 0 Å². The lowest BCUT2D eigenvalue weighted by molar-refractivity contribution is 0.305. The molecule has 20 heavy (non-hydrogen) atoms. The van der Waals surface area contributed by atoms with E-state index in [1.54, 1.807) is 7.11 Å². The summed E-state index contributed by atoms with van der Waals surface area (Å²) in [7, 11) is 1.65. The molecule has 0 aromatic heterocycles. The van der Waals surface area contributed by atoms with Crippen molar-refractivity contribution in [2.24, 2.45) is 5.73 Å². The third-order valence-electron chi connectivity index (χ3n) is 2.86. The second-order valence-corrected chi connectivity index (χ2v) is 5.92. The van der Waals surface area contributed by atoms with Gasteiger partial charge in [0.2, 0.25) is 0 Å². The van der Waals surface area contributed by atoms with Crippen LogP contribution in [0.1, 0.15) is 11.1 Å². The molecule has 0 aliphatic rings. The van der Waals surface area contributed by atoms with Crippen LogP contribution in [-0.4, -0.2) is 7.11 Å². The molecule has 2 rings (SSSR count). The molecular weight excluding hydrogens is 386 g/mol. The first kappa shape index (κ1) is 15.4. The number of ether oxygens (including phenoxy) is 2. The van der Waals surface area contributed by atoms with Crippen LogP contribution in [0.4, 0.5) is 0 Å². The van der Waals surface area contributed by atoms with Gasteiger partial charge in [0.1, 0.15) is 18.1 Å². The van der Waals surface area contributed by atoms with E-state index in [4.69, 9.17) is 15.2 Å². The van der Waals surface area contributed by atoms with Gasteiger partial charge in [0.15, 0.2) is 0 Å². The Bertz CT molecular complexity index is 602. The Morgan fingerprint density at radius 3 is 2.50 bits per heavy atom. The van der Waals surface area contributed by atoms with Gasteiger partial charge in [0.05, 0.1) is 11.6 Å². The predicted molar refractivity (Wildman–Crippen MR) is 87.1 cm³/mol. The highest BCUT2D eigenvalue weighted by molar-refractivity contribution is 9.10. The molecule has 0 saturated heterocycles. The molecule has 0 aliphatic heterocycles. The van der Waals surface area contributed by atoms with Crippen molar-refractivity contribution in [3.63, 3.8) is 0 Å². The molecule has 0 fully saturated rings. The molecule has 3 nitrogen and oxygen atoms in total. The summed E-state index contributed by atoms with van der Waals surface area (Å²) in [4.78, 5) is 0. The molecule has 0 atom stereocenters. The largest absolute Gasteiger partial charge is 0.496 e. The van der Waals surface area contributed by atoms with Crippen molar-refractivity contribution in [3.8, 4) is 11.5 Å². The van der Waals surface area contributed by atoms with Crippen molar-refractivity contribution in [1.29, 1.82) is 0 Å². The number of hydrogen-bond donors (Lipinski definition) is 1. The summed E-state index contributed by atoms with van der Waals surface area (Å²) in [5.41, 5.74) is 7.76. The van der Waals surface area contributed by atoms with Gasteiger partial charge in [-0.1, -0.05) is 22.0 Å². The lowest BCUT2D eigenvalue weighted by atomic mass is 10.2. The highest BCUT2D eigenvalue weighted by Gasteiger charge is 2.04. The number of nitrogens with two attached hydrogens (primary N) is 1. The van der Waals surface area contributed by atoms with Crippen LogP contribution < -0.4 is 15.2 Å². The zero-order valence-corrected chi connectivity index (χ0v) is 14.2. The van der Waals surface area contributed by atoms with E-state index >= 15 is 0 Å². The number of rotatable bonds is 5. The monoisotopic (exact) mass is 399 g/mol. The Kier molecular flexibility index (Phi) is 5.46. The maximum atomic E-state index is 5.78. The van der Waals surface area contributed by atoms with Gasteiger partial charge in [-0.3, -0.25) is 0 Å². The summed E-state index contributed by atoms with van der Waals surface area (Å²) in [6.07, 6.45) is 0. The first-order chi connectivity index (χ1) is 9.63. The molecule has 2 N–H and O–H groups in total. The van der Waals surface area contributed by atoms with Crippen molar-refractivity contribution in [2.75, 3.05) is 7.11 Å². The van der Waals surface area contributed by atoms with Crippen LogP contribution in [-0.2, 0) is 13.2 Å². The maximum Gasteiger partial charge on any atom is 0.133 e. The highest BCUT2D eigenvalue weighted by atomic mass is 79.9.